The number of halogens is 1. The molecule has 4 nitrogen and oxygen atoms in total. The smallest absolute Gasteiger partial charge is 0.291 e. The van der Waals surface area contributed by atoms with Crippen LogP contribution in [0.3, 0.4) is 0 Å². The molecule has 0 aromatic carbocycles. The van der Waals surface area contributed by atoms with Gasteiger partial charge in [0.1, 0.15) is 0 Å². The molecule has 0 saturated heterocycles. The summed E-state index contributed by atoms with van der Waals surface area (Å²) in [5.41, 5.74) is 0. The third-order valence-electron chi connectivity index (χ3n) is 0. The molecular formula is H2BrCuNO3. The van der Waals surface area contributed by atoms with Crippen LogP contribution < -0.4 is 0 Å². The number of rotatable bonds is 0. The number of nitrogens with zero attached hydrogens (tertiary/aromatic N) is 1. The van der Waals surface area contributed by atoms with Gasteiger partial charge in [0, 0.05) is 17.1 Å². The second-order valence-corrected chi connectivity index (χ2v) is 0.238. The minimum Gasteiger partial charge on any atom is -0.328 e. The maximum Gasteiger partial charge on any atom is 0.291 e. The summed E-state index contributed by atoms with van der Waals surface area (Å²) in [5, 5.41) is 13.6. The van der Waals surface area contributed by atoms with Crippen LogP contribution in [-0.2, 0) is 17.1 Å². The monoisotopic (exact) mass is 206 g/mol. The van der Waals surface area contributed by atoms with Crippen LogP contribution in [0.2, 0.25) is 0 Å². The second-order valence-electron chi connectivity index (χ2n) is 0.238. The first-order valence-corrected chi connectivity index (χ1v) is 0.565. The van der Waals surface area contributed by atoms with Gasteiger partial charge in [-0.1, -0.05) is 0 Å². The van der Waals surface area contributed by atoms with Gasteiger partial charge in [-0.2, -0.15) is 0 Å². The SMILES string of the molecule is Br.O=[N+]([O-])O.[Cu]. The van der Waals surface area contributed by atoms with Crippen LogP contribution in [0.1, 0.15) is 0 Å². The van der Waals surface area contributed by atoms with Crippen molar-refractivity contribution in [1.82, 2.24) is 0 Å². The molecule has 6 heavy (non-hydrogen) atoms. The Kier molecular flexibility index (Phi) is 24.4. The zero-order valence-electron chi connectivity index (χ0n) is 2.42. The van der Waals surface area contributed by atoms with E-state index in [1.54, 1.807) is 0 Å². The van der Waals surface area contributed by atoms with E-state index in [4.69, 9.17) is 15.3 Å². The minimum absolute atomic E-state index is 0. The minimum atomic E-state index is -1.50. The van der Waals surface area contributed by atoms with E-state index in [9.17, 15) is 0 Å². The summed E-state index contributed by atoms with van der Waals surface area (Å²) in [5.74, 6) is 0. The molecule has 0 aromatic heterocycles. The molecule has 0 saturated carbocycles. The van der Waals surface area contributed by atoms with Crippen molar-refractivity contribution in [2.45, 2.75) is 0 Å². The average Bonchev–Trinajstić information content (AvgIpc) is 0.811. The van der Waals surface area contributed by atoms with Crippen LogP contribution in [0.4, 0.5) is 0 Å². The predicted octanol–water partition coefficient (Wildman–Crippen LogP) is 0.228. The van der Waals surface area contributed by atoms with Gasteiger partial charge < -0.3 is 5.21 Å². The van der Waals surface area contributed by atoms with E-state index < -0.39 is 5.09 Å². The van der Waals surface area contributed by atoms with Gasteiger partial charge in [0.05, 0.1) is 0 Å². The van der Waals surface area contributed by atoms with Crippen molar-refractivity contribution in [2.75, 3.05) is 0 Å². The fourth-order valence-corrected chi connectivity index (χ4v) is 0. The van der Waals surface area contributed by atoms with Gasteiger partial charge in [-0.25, -0.2) is 0 Å². The molecule has 0 aromatic rings. The first-order valence-electron chi connectivity index (χ1n) is 0.565. The van der Waals surface area contributed by atoms with Gasteiger partial charge in [0.2, 0.25) is 0 Å². The van der Waals surface area contributed by atoms with Crippen molar-refractivity contribution in [1.29, 1.82) is 0 Å². The summed E-state index contributed by atoms with van der Waals surface area (Å²) in [4.78, 5) is 8.36. The zero-order chi connectivity index (χ0) is 3.58. The summed E-state index contributed by atoms with van der Waals surface area (Å²) in [6.07, 6.45) is 0. The molecule has 1 radical (unpaired) electrons. The van der Waals surface area contributed by atoms with Gasteiger partial charge >= 0.3 is 0 Å². The molecule has 0 aliphatic heterocycles. The Morgan fingerprint density at radius 2 is 1.67 bits per heavy atom. The molecule has 0 heterocycles. The quantitative estimate of drug-likeness (QED) is 0.351. The van der Waals surface area contributed by atoms with Crippen molar-refractivity contribution in [3.63, 3.8) is 0 Å². The maximum atomic E-state index is 8.36. The van der Waals surface area contributed by atoms with Gasteiger partial charge in [-0.05, 0) is 0 Å². The van der Waals surface area contributed by atoms with Crippen LogP contribution >= 0.6 is 17.0 Å². The van der Waals surface area contributed by atoms with E-state index in [1.165, 1.54) is 0 Å². The normalized spacial score (nSPS) is 4.00. The fourth-order valence-electron chi connectivity index (χ4n) is 0. The van der Waals surface area contributed by atoms with Gasteiger partial charge in [-0.3, -0.25) is 0 Å². The molecule has 1 N–H and O–H groups in total. The number of hydrogen-bond acceptors (Lipinski definition) is 2. The van der Waals surface area contributed by atoms with Crippen LogP contribution in [0.25, 0.3) is 0 Å². The predicted molar refractivity (Wildman–Crippen MR) is 19.1 cm³/mol. The molecule has 43 valence electrons. The molecule has 0 aliphatic rings. The van der Waals surface area contributed by atoms with E-state index >= 15 is 0 Å². The molecule has 0 unspecified atom stereocenters. The summed E-state index contributed by atoms with van der Waals surface area (Å²) >= 11 is 0. The molecule has 0 bridgehead atoms. The maximum absolute atomic E-state index is 8.36. The molecule has 0 rings (SSSR count). The largest absolute Gasteiger partial charge is 0.328 e. The van der Waals surface area contributed by atoms with E-state index in [0.717, 1.165) is 0 Å². The van der Waals surface area contributed by atoms with Crippen molar-refractivity contribution >= 4 is 17.0 Å². The molecule has 0 fully saturated rings. The van der Waals surface area contributed by atoms with E-state index in [-0.39, 0.29) is 34.1 Å². The molecule has 0 atom stereocenters. The molecule has 0 aliphatic carbocycles. The Hall–Kier alpha value is 0.199. The van der Waals surface area contributed by atoms with Gasteiger partial charge in [-0.15, -0.1) is 27.1 Å². The molecule has 6 heteroatoms. The summed E-state index contributed by atoms with van der Waals surface area (Å²) in [6, 6.07) is 0. The van der Waals surface area contributed by atoms with Crippen molar-refractivity contribution in [2.24, 2.45) is 0 Å². The van der Waals surface area contributed by atoms with Crippen molar-refractivity contribution in [3.8, 4) is 0 Å². The average molecular weight is 207 g/mol. The van der Waals surface area contributed by atoms with Gasteiger partial charge in [0.25, 0.3) is 5.09 Å². The van der Waals surface area contributed by atoms with Crippen molar-refractivity contribution in [3.05, 3.63) is 10.1 Å². The molecular weight excluding hydrogens is 205 g/mol. The van der Waals surface area contributed by atoms with E-state index in [0.29, 0.717) is 0 Å². The molecule has 0 spiro atoms. The first-order chi connectivity index (χ1) is 1.73. The van der Waals surface area contributed by atoms with Crippen LogP contribution in [0, 0.1) is 10.1 Å². The Balaban J connectivity index is -0.0000000450. The summed E-state index contributed by atoms with van der Waals surface area (Å²) in [6.45, 7) is 0. The topological polar surface area (TPSA) is 63.4 Å². The standard InChI is InChI=1S/BrH.Cu.HNO3/c;;2-1(3)4/h1H;;(H,2,3,4). The van der Waals surface area contributed by atoms with Crippen molar-refractivity contribution < 1.29 is 27.4 Å². The Morgan fingerprint density at radius 1 is 1.67 bits per heavy atom. The van der Waals surface area contributed by atoms with E-state index in [1.807, 2.05) is 0 Å². The Morgan fingerprint density at radius 3 is 1.67 bits per heavy atom. The first kappa shape index (κ1) is 16.4. The third-order valence-corrected chi connectivity index (χ3v) is 0. The third kappa shape index (κ3) is 1080. The van der Waals surface area contributed by atoms with E-state index in [2.05, 4.69) is 0 Å². The van der Waals surface area contributed by atoms with Gasteiger partial charge in [0.15, 0.2) is 0 Å². The Labute approximate surface area is 54.9 Å². The number of hydrogen-bond donors (Lipinski definition) is 1. The molecule has 0 amide bonds. The fraction of sp³-hybridized carbons (Fsp3) is 0. The zero-order valence-corrected chi connectivity index (χ0v) is 5.08. The van der Waals surface area contributed by atoms with Crippen LogP contribution in [-0.4, -0.2) is 10.3 Å². The van der Waals surface area contributed by atoms with Crippen LogP contribution in [0.5, 0.6) is 0 Å². The Bertz CT molecular complexity index is 33.8. The second kappa shape index (κ2) is 8.96. The summed E-state index contributed by atoms with van der Waals surface area (Å²) < 4.78 is 0. The van der Waals surface area contributed by atoms with Crippen LogP contribution in [0.15, 0.2) is 0 Å². The summed E-state index contributed by atoms with van der Waals surface area (Å²) in [7, 11) is 0.